The van der Waals surface area contributed by atoms with Crippen molar-refractivity contribution in [2.75, 3.05) is 5.73 Å². The van der Waals surface area contributed by atoms with Crippen molar-refractivity contribution in [1.82, 2.24) is 4.98 Å². The van der Waals surface area contributed by atoms with Gasteiger partial charge in [-0.05, 0) is 9.91 Å². The zero-order valence-electron chi connectivity index (χ0n) is 7.35. The summed E-state index contributed by atoms with van der Waals surface area (Å²) in [6.45, 7) is -0.810. The molecule has 0 aromatic carbocycles. The zero-order chi connectivity index (χ0) is 11.6. The Hall–Kier alpha value is -1.83. The highest BCUT2D eigenvalue weighted by Crippen LogP contribution is 2.31. The molecule has 0 saturated carbocycles. The third-order valence-corrected chi connectivity index (χ3v) is 1.80. The van der Waals surface area contributed by atoms with Crippen LogP contribution in [0.4, 0.5) is 20.3 Å². The number of hydrogen-bond donors (Lipinski definition) is 2. The van der Waals surface area contributed by atoms with Crippen molar-refractivity contribution in [1.29, 1.82) is 0 Å². The van der Waals surface area contributed by atoms with Crippen LogP contribution < -0.4 is 5.73 Å². The van der Waals surface area contributed by atoms with E-state index in [1.165, 1.54) is 0 Å². The van der Waals surface area contributed by atoms with E-state index in [0.29, 0.717) is 6.20 Å². The van der Waals surface area contributed by atoms with Gasteiger partial charge in [0.2, 0.25) is 0 Å². The van der Waals surface area contributed by atoms with E-state index < -0.39 is 40.6 Å². The standard InChI is InChI=1S/C7H7F2N3O3/c8-6(9)3-1-11-7(12(14)15)4(2-13)5(3)10/h1,6,13H,2H2,(H2,10,11). The number of halogens is 2. The molecule has 1 heterocycles. The van der Waals surface area contributed by atoms with Crippen molar-refractivity contribution < 1.29 is 18.8 Å². The van der Waals surface area contributed by atoms with Gasteiger partial charge in [0, 0.05) is 0 Å². The summed E-state index contributed by atoms with van der Waals surface area (Å²) in [5.74, 6) is -0.709. The number of anilines is 1. The van der Waals surface area contributed by atoms with Gasteiger partial charge in [0.15, 0.2) is 6.20 Å². The summed E-state index contributed by atoms with van der Waals surface area (Å²) in [6.07, 6.45) is -2.25. The molecule has 0 spiro atoms. The van der Waals surface area contributed by atoms with Gasteiger partial charge in [-0.1, -0.05) is 0 Å². The van der Waals surface area contributed by atoms with Gasteiger partial charge in [0.05, 0.1) is 23.4 Å². The lowest BCUT2D eigenvalue weighted by molar-refractivity contribution is -0.390. The average Bonchev–Trinajstić information content (AvgIpc) is 2.16. The first-order valence-corrected chi connectivity index (χ1v) is 3.79. The molecule has 1 aromatic heterocycles. The molecule has 82 valence electrons. The summed E-state index contributed by atoms with van der Waals surface area (Å²) in [5.41, 5.74) is 3.75. The van der Waals surface area contributed by atoms with Crippen molar-refractivity contribution in [3.63, 3.8) is 0 Å². The Labute approximate surface area is 82.5 Å². The van der Waals surface area contributed by atoms with Crippen LogP contribution in [0.5, 0.6) is 0 Å². The van der Waals surface area contributed by atoms with E-state index in [1.54, 1.807) is 0 Å². The highest BCUT2D eigenvalue weighted by molar-refractivity contribution is 5.59. The Morgan fingerprint density at radius 2 is 2.27 bits per heavy atom. The molecule has 6 nitrogen and oxygen atoms in total. The van der Waals surface area contributed by atoms with Gasteiger partial charge in [-0.2, -0.15) is 0 Å². The smallest absolute Gasteiger partial charge is 0.371 e. The number of pyridine rings is 1. The molecule has 1 aromatic rings. The lowest BCUT2D eigenvalue weighted by Gasteiger charge is -2.06. The number of aromatic nitrogens is 1. The lowest BCUT2D eigenvalue weighted by Crippen LogP contribution is -2.06. The number of nitrogen functional groups attached to an aromatic ring is 1. The highest BCUT2D eigenvalue weighted by atomic mass is 19.3. The van der Waals surface area contributed by atoms with Gasteiger partial charge in [0.25, 0.3) is 6.43 Å². The third kappa shape index (κ3) is 1.99. The van der Waals surface area contributed by atoms with E-state index in [4.69, 9.17) is 10.8 Å². The van der Waals surface area contributed by atoms with E-state index in [2.05, 4.69) is 4.98 Å². The normalized spacial score (nSPS) is 10.7. The molecule has 15 heavy (non-hydrogen) atoms. The largest absolute Gasteiger partial charge is 0.398 e. The molecule has 0 radical (unpaired) electrons. The quantitative estimate of drug-likeness (QED) is 0.583. The molecule has 0 atom stereocenters. The first kappa shape index (κ1) is 11.2. The van der Waals surface area contributed by atoms with Crippen molar-refractivity contribution >= 4 is 11.5 Å². The van der Waals surface area contributed by atoms with Crippen LogP contribution in [0.15, 0.2) is 6.20 Å². The van der Waals surface area contributed by atoms with Crippen LogP contribution in [-0.2, 0) is 6.61 Å². The number of nitrogens with two attached hydrogens (primary N) is 1. The molecule has 1 rings (SSSR count). The number of nitro groups is 1. The third-order valence-electron chi connectivity index (χ3n) is 1.80. The van der Waals surface area contributed by atoms with Crippen LogP contribution in [0, 0.1) is 10.1 Å². The van der Waals surface area contributed by atoms with Crippen LogP contribution in [0.1, 0.15) is 17.6 Å². The van der Waals surface area contributed by atoms with Crippen molar-refractivity contribution in [2.45, 2.75) is 13.0 Å². The van der Waals surface area contributed by atoms with Crippen molar-refractivity contribution in [3.8, 4) is 0 Å². The van der Waals surface area contributed by atoms with Crippen LogP contribution in [0.25, 0.3) is 0 Å². The lowest BCUT2D eigenvalue weighted by atomic mass is 10.1. The van der Waals surface area contributed by atoms with Crippen molar-refractivity contribution in [3.05, 3.63) is 27.4 Å². The highest BCUT2D eigenvalue weighted by Gasteiger charge is 2.24. The number of hydrogen-bond acceptors (Lipinski definition) is 5. The zero-order valence-corrected chi connectivity index (χ0v) is 7.35. The minimum absolute atomic E-state index is 0.391. The Balaban J connectivity index is 3.39. The van der Waals surface area contributed by atoms with Gasteiger partial charge in [-0.3, -0.25) is 0 Å². The fourth-order valence-corrected chi connectivity index (χ4v) is 1.06. The topological polar surface area (TPSA) is 102 Å². The number of aliphatic hydroxyl groups excluding tert-OH is 1. The van der Waals surface area contributed by atoms with E-state index in [1.807, 2.05) is 0 Å². The Morgan fingerprint density at radius 3 is 2.67 bits per heavy atom. The predicted octanol–water partition coefficient (Wildman–Crippen LogP) is 1.00. The SMILES string of the molecule is Nc1c(C(F)F)cnc([N+](=O)[O-])c1CO. The first-order valence-electron chi connectivity index (χ1n) is 3.79. The summed E-state index contributed by atoms with van der Waals surface area (Å²) >= 11 is 0. The monoisotopic (exact) mass is 219 g/mol. The summed E-state index contributed by atoms with van der Waals surface area (Å²) in [6, 6.07) is 0. The minimum Gasteiger partial charge on any atom is -0.398 e. The van der Waals surface area contributed by atoms with E-state index in [9.17, 15) is 18.9 Å². The molecule has 0 saturated heterocycles. The molecule has 0 unspecified atom stereocenters. The van der Waals surface area contributed by atoms with Crippen LogP contribution in [0.3, 0.4) is 0 Å². The van der Waals surface area contributed by atoms with Gasteiger partial charge in [-0.25, -0.2) is 8.78 Å². The molecule has 0 amide bonds. The summed E-state index contributed by atoms with van der Waals surface area (Å²) < 4.78 is 24.6. The Bertz CT molecular complexity index is 397. The fourth-order valence-electron chi connectivity index (χ4n) is 1.06. The average molecular weight is 219 g/mol. The Kier molecular flexibility index (Phi) is 3.10. The van der Waals surface area contributed by atoms with E-state index in [-0.39, 0.29) is 0 Å². The van der Waals surface area contributed by atoms with Gasteiger partial charge in [-0.15, -0.1) is 0 Å². The maximum Gasteiger partial charge on any atom is 0.371 e. The molecule has 0 aliphatic carbocycles. The van der Waals surface area contributed by atoms with Gasteiger partial charge < -0.3 is 21.0 Å². The second-order valence-corrected chi connectivity index (χ2v) is 2.65. The predicted molar refractivity (Wildman–Crippen MR) is 46.2 cm³/mol. The minimum atomic E-state index is -2.89. The molecule has 0 fully saturated rings. The molecular formula is C7H7F2N3O3. The van der Waals surface area contributed by atoms with E-state index >= 15 is 0 Å². The number of rotatable bonds is 3. The van der Waals surface area contributed by atoms with Crippen LogP contribution in [0.2, 0.25) is 0 Å². The number of aliphatic hydroxyl groups is 1. The van der Waals surface area contributed by atoms with Gasteiger partial charge in [0.1, 0.15) is 0 Å². The van der Waals surface area contributed by atoms with Crippen molar-refractivity contribution in [2.24, 2.45) is 0 Å². The maximum atomic E-state index is 12.3. The summed E-state index contributed by atoms with van der Waals surface area (Å²) in [7, 11) is 0. The molecule has 0 aliphatic rings. The molecular weight excluding hydrogens is 212 g/mol. The fraction of sp³-hybridized carbons (Fsp3) is 0.286. The maximum absolute atomic E-state index is 12.3. The van der Waals surface area contributed by atoms with Crippen LogP contribution in [-0.4, -0.2) is 15.0 Å². The van der Waals surface area contributed by atoms with E-state index in [0.717, 1.165) is 0 Å². The summed E-state index contributed by atoms with van der Waals surface area (Å²) in [4.78, 5) is 12.7. The molecule has 3 N–H and O–H groups in total. The first-order chi connectivity index (χ1) is 6.99. The number of nitrogens with zero attached hydrogens (tertiary/aromatic N) is 2. The Morgan fingerprint density at radius 1 is 1.67 bits per heavy atom. The molecule has 8 heteroatoms. The van der Waals surface area contributed by atoms with Gasteiger partial charge >= 0.3 is 5.82 Å². The summed E-state index contributed by atoms with van der Waals surface area (Å²) in [5, 5.41) is 19.2. The second-order valence-electron chi connectivity index (χ2n) is 2.65. The molecule has 0 bridgehead atoms. The number of alkyl halides is 2. The second kappa shape index (κ2) is 4.13. The van der Waals surface area contributed by atoms with Crippen LogP contribution >= 0.6 is 0 Å². The molecule has 0 aliphatic heterocycles.